The van der Waals surface area contributed by atoms with Gasteiger partial charge in [-0.15, -0.1) is 0 Å². The Balaban J connectivity index is 3.14. The molecule has 0 spiro atoms. The van der Waals surface area contributed by atoms with E-state index in [0.717, 1.165) is 21.5 Å². The molecule has 4 heteroatoms. The van der Waals surface area contributed by atoms with Crippen molar-refractivity contribution >= 4 is 15.9 Å². The van der Waals surface area contributed by atoms with Crippen molar-refractivity contribution in [2.45, 2.75) is 26.8 Å². The highest BCUT2D eigenvalue weighted by Crippen LogP contribution is 2.35. The Labute approximate surface area is 105 Å². The standard InChI is InChI=1S/C12H18BrNO2/c1-4-15-11-7-10(13)12(16-5-2)6-9(11)8(3)14/h6-8H,4-5,14H2,1-3H3. The van der Waals surface area contributed by atoms with Gasteiger partial charge in [0.05, 0.1) is 17.7 Å². The first-order valence-corrected chi connectivity index (χ1v) is 6.24. The predicted octanol–water partition coefficient (Wildman–Crippen LogP) is 3.27. The van der Waals surface area contributed by atoms with Crippen molar-refractivity contribution in [3.63, 3.8) is 0 Å². The van der Waals surface area contributed by atoms with Gasteiger partial charge in [0.2, 0.25) is 0 Å². The van der Waals surface area contributed by atoms with Crippen LogP contribution in [0.25, 0.3) is 0 Å². The van der Waals surface area contributed by atoms with Crippen LogP contribution in [0.4, 0.5) is 0 Å². The lowest BCUT2D eigenvalue weighted by molar-refractivity contribution is 0.324. The largest absolute Gasteiger partial charge is 0.493 e. The van der Waals surface area contributed by atoms with E-state index in [4.69, 9.17) is 15.2 Å². The van der Waals surface area contributed by atoms with Crippen molar-refractivity contribution < 1.29 is 9.47 Å². The predicted molar refractivity (Wildman–Crippen MR) is 69.1 cm³/mol. The highest BCUT2D eigenvalue weighted by atomic mass is 79.9. The van der Waals surface area contributed by atoms with Crippen LogP contribution in [0.1, 0.15) is 32.4 Å². The van der Waals surface area contributed by atoms with Crippen LogP contribution in [0.15, 0.2) is 16.6 Å². The first kappa shape index (κ1) is 13.3. The number of hydrogen-bond donors (Lipinski definition) is 1. The van der Waals surface area contributed by atoms with Crippen LogP contribution in [0.2, 0.25) is 0 Å². The fourth-order valence-corrected chi connectivity index (χ4v) is 1.89. The summed E-state index contributed by atoms with van der Waals surface area (Å²) >= 11 is 3.46. The number of rotatable bonds is 5. The van der Waals surface area contributed by atoms with Crippen molar-refractivity contribution in [1.29, 1.82) is 0 Å². The van der Waals surface area contributed by atoms with Crippen molar-refractivity contribution in [1.82, 2.24) is 0 Å². The van der Waals surface area contributed by atoms with Crippen LogP contribution < -0.4 is 15.2 Å². The van der Waals surface area contributed by atoms with Crippen LogP contribution in [0, 0.1) is 0 Å². The lowest BCUT2D eigenvalue weighted by Gasteiger charge is -2.16. The highest BCUT2D eigenvalue weighted by molar-refractivity contribution is 9.10. The molecule has 0 saturated heterocycles. The molecule has 0 aromatic heterocycles. The lowest BCUT2D eigenvalue weighted by atomic mass is 10.1. The average molecular weight is 288 g/mol. The Kier molecular flexibility index (Phi) is 5.09. The van der Waals surface area contributed by atoms with Gasteiger partial charge in [0, 0.05) is 11.6 Å². The fourth-order valence-electron chi connectivity index (χ4n) is 1.45. The molecule has 3 nitrogen and oxygen atoms in total. The first-order valence-electron chi connectivity index (χ1n) is 5.44. The molecule has 0 aliphatic carbocycles. The van der Waals surface area contributed by atoms with Crippen molar-refractivity contribution in [3.8, 4) is 11.5 Å². The number of halogens is 1. The quantitative estimate of drug-likeness (QED) is 0.904. The molecule has 1 unspecified atom stereocenters. The summed E-state index contributed by atoms with van der Waals surface area (Å²) in [5, 5.41) is 0. The number of benzene rings is 1. The molecule has 0 radical (unpaired) electrons. The van der Waals surface area contributed by atoms with Gasteiger partial charge in [0.15, 0.2) is 0 Å². The maximum absolute atomic E-state index is 5.91. The van der Waals surface area contributed by atoms with E-state index in [1.807, 2.05) is 32.9 Å². The molecule has 1 rings (SSSR count). The van der Waals surface area contributed by atoms with Crippen LogP contribution in [-0.2, 0) is 0 Å². The Bertz CT molecular complexity index is 353. The van der Waals surface area contributed by atoms with Gasteiger partial charge in [0.1, 0.15) is 11.5 Å². The van der Waals surface area contributed by atoms with Gasteiger partial charge in [-0.2, -0.15) is 0 Å². The van der Waals surface area contributed by atoms with Crippen LogP contribution in [0.3, 0.4) is 0 Å². The topological polar surface area (TPSA) is 44.5 Å². The first-order chi connectivity index (χ1) is 7.60. The van der Waals surface area contributed by atoms with Crippen molar-refractivity contribution in [2.24, 2.45) is 5.73 Å². The zero-order valence-corrected chi connectivity index (χ0v) is 11.5. The Morgan fingerprint density at radius 2 is 1.75 bits per heavy atom. The molecule has 1 aromatic rings. The van der Waals surface area contributed by atoms with E-state index in [-0.39, 0.29) is 6.04 Å². The molecule has 2 N–H and O–H groups in total. The van der Waals surface area contributed by atoms with E-state index in [1.165, 1.54) is 0 Å². The Morgan fingerprint density at radius 3 is 2.25 bits per heavy atom. The van der Waals surface area contributed by atoms with Crippen LogP contribution in [0.5, 0.6) is 11.5 Å². The summed E-state index contributed by atoms with van der Waals surface area (Å²) in [5.74, 6) is 1.62. The molecular weight excluding hydrogens is 270 g/mol. The number of nitrogens with two attached hydrogens (primary N) is 1. The molecular formula is C12H18BrNO2. The summed E-state index contributed by atoms with van der Waals surface area (Å²) in [4.78, 5) is 0. The molecule has 1 atom stereocenters. The molecule has 0 fully saturated rings. The maximum Gasteiger partial charge on any atom is 0.134 e. The van der Waals surface area contributed by atoms with E-state index < -0.39 is 0 Å². The normalized spacial score (nSPS) is 12.3. The molecule has 16 heavy (non-hydrogen) atoms. The molecule has 90 valence electrons. The van der Waals surface area contributed by atoms with E-state index in [1.54, 1.807) is 0 Å². The maximum atomic E-state index is 5.91. The molecule has 0 bridgehead atoms. The summed E-state index contributed by atoms with van der Waals surface area (Å²) < 4.78 is 11.9. The van der Waals surface area contributed by atoms with Gasteiger partial charge >= 0.3 is 0 Å². The third-order valence-corrected chi connectivity index (χ3v) is 2.77. The van der Waals surface area contributed by atoms with Gasteiger partial charge in [0.25, 0.3) is 0 Å². The second kappa shape index (κ2) is 6.11. The zero-order chi connectivity index (χ0) is 12.1. The van der Waals surface area contributed by atoms with Gasteiger partial charge < -0.3 is 15.2 Å². The second-order valence-corrected chi connectivity index (χ2v) is 4.33. The van der Waals surface area contributed by atoms with Gasteiger partial charge in [-0.25, -0.2) is 0 Å². The van der Waals surface area contributed by atoms with E-state index in [0.29, 0.717) is 13.2 Å². The SMILES string of the molecule is CCOc1cc(C(C)N)c(OCC)cc1Br. The van der Waals surface area contributed by atoms with Gasteiger partial charge in [-0.3, -0.25) is 0 Å². The lowest BCUT2D eigenvalue weighted by Crippen LogP contribution is -2.09. The molecule has 0 aliphatic rings. The summed E-state index contributed by atoms with van der Waals surface area (Å²) in [6.45, 7) is 7.09. The number of hydrogen-bond acceptors (Lipinski definition) is 3. The van der Waals surface area contributed by atoms with Gasteiger partial charge in [-0.1, -0.05) is 0 Å². The van der Waals surface area contributed by atoms with E-state index in [2.05, 4.69) is 15.9 Å². The van der Waals surface area contributed by atoms with Crippen molar-refractivity contribution in [2.75, 3.05) is 13.2 Å². The molecule has 0 aliphatic heterocycles. The minimum Gasteiger partial charge on any atom is -0.493 e. The molecule has 1 aromatic carbocycles. The Morgan fingerprint density at radius 1 is 1.19 bits per heavy atom. The molecule has 0 saturated carbocycles. The Hall–Kier alpha value is -0.740. The molecule has 0 heterocycles. The third-order valence-electron chi connectivity index (χ3n) is 2.15. The number of ether oxygens (including phenoxy) is 2. The fraction of sp³-hybridized carbons (Fsp3) is 0.500. The summed E-state index contributed by atoms with van der Waals surface area (Å²) in [6, 6.07) is 3.77. The summed E-state index contributed by atoms with van der Waals surface area (Å²) in [6.07, 6.45) is 0. The smallest absolute Gasteiger partial charge is 0.134 e. The van der Waals surface area contributed by atoms with Gasteiger partial charge in [-0.05, 0) is 48.8 Å². The van der Waals surface area contributed by atoms with Crippen LogP contribution >= 0.6 is 15.9 Å². The van der Waals surface area contributed by atoms with E-state index in [9.17, 15) is 0 Å². The van der Waals surface area contributed by atoms with E-state index >= 15 is 0 Å². The summed E-state index contributed by atoms with van der Waals surface area (Å²) in [5.41, 5.74) is 6.88. The monoisotopic (exact) mass is 287 g/mol. The third kappa shape index (κ3) is 3.12. The second-order valence-electron chi connectivity index (χ2n) is 3.48. The highest BCUT2D eigenvalue weighted by Gasteiger charge is 2.13. The minimum absolute atomic E-state index is 0.0751. The summed E-state index contributed by atoms with van der Waals surface area (Å²) in [7, 11) is 0. The van der Waals surface area contributed by atoms with Crippen LogP contribution in [-0.4, -0.2) is 13.2 Å². The zero-order valence-electron chi connectivity index (χ0n) is 9.92. The molecule has 0 amide bonds. The van der Waals surface area contributed by atoms with Crippen molar-refractivity contribution in [3.05, 3.63) is 22.2 Å². The average Bonchev–Trinajstić information content (AvgIpc) is 2.22. The minimum atomic E-state index is -0.0751.